The third kappa shape index (κ3) is 3.46. The number of ether oxygens (including phenoxy) is 1. The Morgan fingerprint density at radius 3 is 2.46 bits per heavy atom. The van der Waals surface area contributed by atoms with E-state index < -0.39 is 0 Å². The third-order valence-corrected chi connectivity index (χ3v) is 4.47. The molecule has 0 saturated carbocycles. The minimum Gasteiger partial charge on any atom is -1.00 e. The van der Waals surface area contributed by atoms with Crippen LogP contribution in [-0.4, -0.2) is 12.9 Å². The second kappa shape index (κ2) is 7.67. The van der Waals surface area contributed by atoms with Crippen molar-refractivity contribution in [2.75, 3.05) is 7.11 Å². The van der Waals surface area contributed by atoms with Gasteiger partial charge >= 0.3 is 0 Å². The van der Waals surface area contributed by atoms with E-state index in [4.69, 9.17) is 4.74 Å². The second-order valence-electron chi connectivity index (χ2n) is 6.05. The Labute approximate surface area is 162 Å². The first-order chi connectivity index (χ1) is 12.2. The lowest BCUT2D eigenvalue weighted by molar-refractivity contribution is -0.657. The van der Waals surface area contributed by atoms with Crippen molar-refractivity contribution in [3.8, 4) is 5.75 Å². The van der Waals surface area contributed by atoms with Crippen LogP contribution in [0.3, 0.4) is 0 Å². The van der Waals surface area contributed by atoms with Gasteiger partial charge in [-0.25, -0.2) is 0 Å². The Morgan fingerprint density at radius 2 is 1.65 bits per heavy atom. The highest BCUT2D eigenvalue weighted by molar-refractivity contribution is 5.99. The van der Waals surface area contributed by atoms with Crippen LogP contribution in [0.1, 0.15) is 10.4 Å². The molecule has 0 N–H and O–H groups in total. The van der Waals surface area contributed by atoms with Crippen molar-refractivity contribution >= 4 is 27.5 Å². The minimum atomic E-state index is 0. The number of hydrogen-bond acceptors (Lipinski definition) is 2. The van der Waals surface area contributed by atoms with Gasteiger partial charge in [-0.3, -0.25) is 4.79 Å². The molecule has 26 heavy (non-hydrogen) atoms. The number of rotatable bonds is 4. The van der Waals surface area contributed by atoms with E-state index in [1.54, 1.807) is 7.11 Å². The van der Waals surface area contributed by atoms with E-state index in [-0.39, 0.29) is 22.8 Å². The number of halogens is 1. The van der Waals surface area contributed by atoms with E-state index in [2.05, 4.69) is 6.07 Å². The number of hydrogen-bond donors (Lipinski definition) is 0. The Morgan fingerprint density at radius 1 is 0.885 bits per heavy atom. The molecule has 4 heteroatoms. The Kier molecular flexibility index (Phi) is 5.33. The molecular formula is C22H18BrNO2. The van der Waals surface area contributed by atoms with E-state index in [9.17, 15) is 4.79 Å². The molecule has 0 unspecified atom stereocenters. The smallest absolute Gasteiger partial charge is 0.227 e. The average molecular weight is 408 g/mol. The number of Topliss-reactive ketones (excluding diaryl/α,β-unsaturated/α-hetero) is 1. The first-order valence-electron chi connectivity index (χ1n) is 8.23. The van der Waals surface area contributed by atoms with Crippen molar-refractivity contribution in [2.24, 2.45) is 0 Å². The molecule has 3 aromatic carbocycles. The number of nitrogens with zero attached hydrogens (tertiary/aromatic N) is 1. The molecule has 0 aliphatic carbocycles. The predicted octanol–water partition coefficient (Wildman–Crippen LogP) is 1.18. The van der Waals surface area contributed by atoms with E-state index in [1.165, 1.54) is 0 Å². The van der Waals surface area contributed by atoms with Crippen molar-refractivity contribution in [2.45, 2.75) is 6.54 Å². The summed E-state index contributed by atoms with van der Waals surface area (Å²) in [6, 6.07) is 23.8. The summed E-state index contributed by atoms with van der Waals surface area (Å²) in [6.45, 7) is 0.308. The number of benzene rings is 3. The lowest BCUT2D eigenvalue weighted by atomic mass is 10.0. The maximum Gasteiger partial charge on any atom is 0.227 e. The van der Waals surface area contributed by atoms with E-state index in [1.807, 2.05) is 77.5 Å². The zero-order valence-electron chi connectivity index (χ0n) is 14.4. The number of fused-ring (bicyclic) bond motifs is 2. The highest BCUT2D eigenvalue weighted by Crippen LogP contribution is 2.19. The number of methoxy groups -OCH3 is 1. The quantitative estimate of drug-likeness (QED) is 0.375. The highest BCUT2D eigenvalue weighted by Gasteiger charge is 2.16. The van der Waals surface area contributed by atoms with Gasteiger partial charge in [0.1, 0.15) is 5.75 Å². The largest absolute Gasteiger partial charge is 1.00 e. The Balaban J connectivity index is 0.00000196. The molecule has 4 rings (SSSR count). The summed E-state index contributed by atoms with van der Waals surface area (Å²) >= 11 is 0. The van der Waals surface area contributed by atoms with Crippen LogP contribution in [0.4, 0.5) is 0 Å². The van der Waals surface area contributed by atoms with Crippen LogP contribution in [-0.2, 0) is 6.54 Å². The summed E-state index contributed by atoms with van der Waals surface area (Å²) in [5, 5.41) is 3.28. The van der Waals surface area contributed by atoms with E-state index in [0.29, 0.717) is 6.54 Å². The number of carbonyl (C=O) groups is 1. The molecule has 0 bridgehead atoms. The fourth-order valence-electron chi connectivity index (χ4n) is 3.13. The van der Waals surface area contributed by atoms with E-state index in [0.717, 1.165) is 33.0 Å². The summed E-state index contributed by atoms with van der Waals surface area (Å²) in [5.74, 6) is 0.908. The van der Waals surface area contributed by atoms with Crippen LogP contribution in [0.15, 0.2) is 79.0 Å². The van der Waals surface area contributed by atoms with Gasteiger partial charge in [0.15, 0.2) is 6.20 Å². The van der Waals surface area contributed by atoms with Crippen LogP contribution in [0.25, 0.3) is 21.7 Å². The van der Waals surface area contributed by atoms with Crippen molar-refractivity contribution in [1.29, 1.82) is 0 Å². The highest BCUT2D eigenvalue weighted by atomic mass is 79.9. The van der Waals surface area contributed by atoms with Crippen LogP contribution in [0.5, 0.6) is 5.75 Å². The average Bonchev–Trinajstić information content (AvgIpc) is 2.67. The number of ketones is 1. The van der Waals surface area contributed by atoms with Crippen molar-refractivity contribution in [1.82, 2.24) is 0 Å². The van der Waals surface area contributed by atoms with Crippen LogP contribution in [0.2, 0.25) is 0 Å². The summed E-state index contributed by atoms with van der Waals surface area (Å²) in [7, 11) is 1.65. The van der Waals surface area contributed by atoms with Gasteiger partial charge in [-0.05, 0) is 35.0 Å². The van der Waals surface area contributed by atoms with Gasteiger partial charge in [-0.15, -0.1) is 0 Å². The standard InChI is InChI=1S/C22H18NO2.BrH/c1-25-20-10-11-21-18(14-20)7-4-12-23(21)15-22(24)19-9-8-16-5-2-3-6-17(16)13-19;/h2-14H,15H2,1H3;1H/q+1;/p-1. The zero-order chi connectivity index (χ0) is 17.2. The Hall–Kier alpha value is -2.72. The van der Waals surface area contributed by atoms with E-state index >= 15 is 0 Å². The van der Waals surface area contributed by atoms with Gasteiger partial charge in [-0.1, -0.05) is 36.4 Å². The third-order valence-electron chi connectivity index (χ3n) is 4.47. The number of pyridine rings is 1. The molecule has 0 aliphatic heterocycles. The van der Waals surface area contributed by atoms with Gasteiger partial charge < -0.3 is 21.7 Å². The molecule has 0 spiro atoms. The van der Waals surface area contributed by atoms with Gasteiger partial charge in [0.25, 0.3) is 0 Å². The van der Waals surface area contributed by atoms with Crippen molar-refractivity contribution in [3.05, 3.63) is 84.6 Å². The molecule has 0 radical (unpaired) electrons. The van der Waals surface area contributed by atoms with Gasteiger partial charge in [-0.2, -0.15) is 4.57 Å². The minimum absolute atomic E-state index is 0. The molecular weight excluding hydrogens is 390 g/mol. The first-order valence-corrected chi connectivity index (χ1v) is 8.23. The van der Waals surface area contributed by atoms with Gasteiger partial charge in [0.05, 0.1) is 12.5 Å². The molecule has 4 aromatic rings. The number of aromatic nitrogens is 1. The second-order valence-corrected chi connectivity index (χ2v) is 6.05. The topological polar surface area (TPSA) is 30.2 Å². The number of carbonyl (C=O) groups excluding carboxylic acids is 1. The fraction of sp³-hybridized carbons (Fsp3) is 0.0909. The molecule has 0 fully saturated rings. The molecule has 3 nitrogen and oxygen atoms in total. The summed E-state index contributed by atoms with van der Waals surface area (Å²) in [4.78, 5) is 12.8. The molecule has 130 valence electrons. The normalized spacial score (nSPS) is 10.5. The lowest BCUT2D eigenvalue weighted by Crippen LogP contribution is -3.00. The fourth-order valence-corrected chi connectivity index (χ4v) is 3.13. The summed E-state index contributed by atoms with van der Waals surface area (Å²) < 4.78 is 7.26. The lowest BCUT2D eigenvalue weighted by Gasteiger charge is -2.05. The predicted molar refractivity (Wildman–Crippen MR) is 99.0 cm³/mol. The SMILES string of the molecule is COc1ccc2c(ccc[n+]2CC(=O)c2ccc3ccccc3c2)c1.[Br-]. The monoisotopic (exact) mass is 407 g/mol. The maximum absolute atomic E-state index is 12.8. The van der Waals surface area contributed by atoms with Crippen LogP contribution >= 0.6 is 0 Å². The van der Waals surface area contributed by atoms with Crippen molar-refractivity contribution in [3.63, 3.8) is 0 Å². The molecule has 0 aliphatic rings. The molecule has 0 atom stereocenters. The van der Waals surface area contributed by atoms with Gasteiger partial charge in [0, 0.05) is 17.7 Å². The molecule has 1 aromatic heterocycles. The molecule has 0 amide bonds. The van der Waals surface area contributed by atoms with Crippen LogP contribution < -0.4 is 26.3 Å². The first kappa shape index (κ1) is 18.1. The maximum atomic E-state index is 12.8. The Bertz CT molecular complexity index is 1090. The summed E-state index contributed by atoms with van der Waals surface area (Å²) in [5.41, 5.74) is 1.74. The molecule has 1 heterocycles. The summed E-state index contributed by atoms with van der Waals surface area (Å²) in [6.07, 6.45) is 1.94. The van der Waals surface area contributed by atoms with Crippen LogP contribution in [0, 0.1) is 0 Å². The molecule has 0 saturated heterocycles. The zero-order valence-corrected chi connectivity index (χ0v) is 15.9. The van der Waals surface area contributed by atoms with Crippen molar-refractivity contribution < 1.29 is 31.1 Å². The van der Waals surface area contributed by atoms with Gasteiger partial charge in [0.2, 0.25) is 17.8 Å².